The predicted molar refractivity (Wildman–Crippen MR) is 84.9 cm³/mol. The predicted octanol–water partition coefficient (Wildman–Crippen LogP) is 3.59. The third kappa shape index (κ3) is 2.43. The summed E-state index contributed by atoms with van der Waals surface area (Å²) < 4.78 is 18.0. The van der Waals surface area contributed by atoms with E-state index in [0.717, 1.165) is 30.2 Å². The smallest absolute Gasteiger partial charge is 0.165 e. The van der Waals surface area contributed by atoms with Crippen LogP contribution >= 0.6 is 0 Å². The number of nitrogens with one attached hydrogen (secondary N) is 1. The second-order valence-corrected chi connectivity index (χ2v) is 6.69. The molecule has 0 aromatic heterocycles. The molecule has 4 heteroatoms. The van der Waals surface area contributed by atoms with Crippen LogP contribution in [0.4, 0.5) is 0 Å². The molecule has 1 N–H and O–H groups in total. The molecule has 1 aliphatic carbocycles. The third-order valence-corrected chi connectivity index (χ3v) is 5.17. The Morgan fingerprint density at radius 1 is 1.05 bits per heavy atom. The standard InChI is InChI=1S/C18H25NO3/c1-2-19-14-12-18(6-4-3-5-7-18)22-15-11-17-16(10-13(14)15)20-8-9-21-17/h10-11,14,19H,2-9,12H2,1H3. The minimum atomic E-state index is 0.0157. The van der Waals surface area contributed by atoms with Crippen molar-refractivity contribution in [2.45, 2.75) is 57.1 Å². The first-order chi connectivity index (χ1) is 10.8. The van der Waals surface area contributed by atoms with Gasteiger partial charge < -0.3 is 19.5 Å². The summed E-state index contributed by atoms with van der Waals surface area (Å²) in [5, 5.41) is 3.64. The molecule has 1 saturated carbocycles. The molecule has 120 valence electrons. The van der Waals surface area contributed by atoms with Gasteiger partial charge in [-0.2, -0.15) is 0 Å². The van der Waals surface area contributed by atoms with E-state index < -0.39 is 0 Å². The zero-order chi connectivity index (χ0) is 15.0. The number of hydrogen-bond acceptors (Lipinski definition) is 4. The van der Waals surface area contributed by atoms with Gasteiger partial charge in [0.2, 0.25) is 0 Å². The number of rotatable bonds is 2. The number of ether oxygens (including phenoxy) is 3. The maximum atomic E-state index is 6.53. The summed E-state index contributed by atoms with van der Waals surface area (Å²) in [6.07, 6.45) is 7.29. The van der Waals surface area contributed by atoms with E-state index in [9.17, 15) is 0 Å². The second-order valence-electron chi connectivity index (χ2n) is 6.69. The second kappa shape index (κ2) is 5.65. The highest BCUT2D eigenvalue weighted by atomic mass is 16.6. The quantitative estimate of drug-likeness (QED) is 0.906. The molecule has 2 heterocycles. The van der Waals surface area contributed by atoms with Crippen LogP contribution in [0.3, 0.4) is 0 Å². The lowest BCUT2D eigenvalue weighted by Crippen LogP contribution is -2.45. The highest BCUT2D eigenvalue weighted by Gasteiger charge is 2.42. The van der Waals surface area contributed by atoms with Crippen molar-refractivity contribution < 1.29 is 14.2 Å². The molecule has 1 unspecified atom stereocenters. The number of fused-ring (bicyclic) bond motifs is 2. The van der Waals surface area contributed by atoms with Gasteiger partial charge in [-0.05, 0) is 38.3 Å². The molecule has 0 saturated heterocycles. The van der Waals surface area contributed by atoms with E-state index >= 15 is 0 Å². The molecule has 22 heavy (non-hydrogen) atoms. The molecule has 0 radical (unpaired) electrons. The summed E-state index contributed by atoms with van der Waals surface area (Å²) in [6, 6.07) is 4.51. The summed E-state index contributed by atoms with van der Waals surface area (Å²) in [6.45, 7) is 4.38. The van der Waals surface area contributed by atoms with Gasteiger partial charge in [0, 0.05) is 24.1 Å². The monoisotopic (exact) mass is 303 g/mol. The Hall–Kier alpha value is -1.42. The van der Waals surface area contributed by atoms with Crippen molar-refractivity contribution in [3.8, 4) is 17.2 Å². The molecule has 1 aromatic rings. The van der Waals surface area contributed by atoms with Crippen molar-refractivity contribution in [3.05, 3.63) is 17.7 Å². The van der Waals surface area contributed by atoms with E-state index in [0.29, 0.717) is 19.3 Å². The topological polar surface area (TPSA) is 39.7 Å². The Balaban J connectivity index is 1.72. The van der Waals surface area contributed by atoms with Gasteiger partial charge in [-0.3, -0.25) is 0 Å². The molecular weight excluding hydrogens is 278 g/mol. The fourth-order valence-electron chi connectivity index (χ4n) is 4.13. The van der Waals surface area contributed by atoms with Gasteiger partial charge in [-0.15, -0.1) is 0 Å². The molecule has 1 aromatic carbocycles. The first-order valence-electron chi connectivity index (χ1n) is 8.66. The fraction of sp³-hybridized carbons (Fsp3) is 0.667. The maximum absolute atomic E-state index is 6.53. The highest BCUT2D eigenvalue weighted by Crippen LogP contribution is 2.49. The average molecular weight is 303 g/mol. The van der Waals surface area contributed by atoms with Gasteiger partial charge in [0.15, 0.2) is 11.5 Å². The average Bonchev–Trinajstić information content (AvgIpc) is 2.54. The van der Waals surface area contributed by atoms with Gasteiger partial charge in [-0.1, -0.05) is 13.3 Å². The van der Waals surface area contributed by atoms with E-state index in [-0.39, 0.29) is 5.60 Å². The maximum Gasteiger partial charge on any atom is 0.165 e. The van der Waals surface area contributed by atoms with Gasteiger partial charge >= 0.3 is 0 Å². The van der Waals surface area contributed by atoms with Crippen LogP contribution in [0.5, 0.6) is 17.2 Å². The Morgan fingerprint density at radius 2 is 1.77 bits per heavy atom. The Bertz CT molecular complexity index is 552. The molecule has 2 aliphatic heterocycles. The van der Waals surface area contributed by atoms with E-state index in [1.807, 2.05) is 6.07 Å². The van der Waals surface area contributed by atoms with Gasteiger partial charge in [-0.25, -0.2) is 0 Å². The van der Waals surface area contributed by atoms with Crippen molar-refractivity contribution in [1.82, 2.24) is 5.32 Å². The number of benzene rings is 1. The van der Waals surface area contributed by atoms with Crippen LogP contribution in [0.1, 0.15) is 57.1 Å². The molecule has 0 bridgehead atoms. The molecule has 1 spiro atoms. The molecule has 3 aliphatic rings. The minimum Gasteiger partial charge on any atom is -0.487 e. The molecule has 1 fully saturated rings. The summed E-state index contributed by atoms with van der Waals surface area (Å²) in [5.41, 5.74) is 1.24. The Morgan fingerprint density at radius 3 is 2.50 bits per heavy atom. The zero-order valence-corrected chi connectivity index (χ0v) is 13.3. The van der Waals surface area contributed by atoms with E-state index in [4.69, 9.17) is 14.2 Å². The summed E-state index contributed by atoms with van der Waals surface area (Å²) in [5.74, 6) is 2.67. The van der Waals surface area contributed by atoms with Crippen LogP contribution < -0.4 is 19.5 Å². The van der Waals surface area contributed by atoms with Crippen molar-refractivity contribution in [2.24, 2.45) is 0 Å². The van der Waals surface area contributed by atoms with Gasteiger partial charge in [0.25, 0.3) is 0 Å². The lowest BCUT2D eigenvalue weighted by molar-refractivity contribution is -0.00308. The van der Waals surface area contributed by atoms with E-state index in [1.54, 1.807) is 0 Å². The summed E-state index contributed by atoms with van der Waals surface area (Å²) in [7, 11) is 0. The lowest BCUT2D eigenvalue weighted by atomic mass is 9.77. The van der Waals surface area contributed by atoms with Crippen LogP contribution in [0.15, 0.2) is 12.1 Å². The molecule has 1 atom stereocenters. The largest absolute Gasteiger partial charge is 0.487 e. The van der Waals surface area contributed by atoms with Gasteiger partial charge in [0.1, 0.15) is 24.6 Å². The van der Waals surface area contributed by atoms with Crippen LogP contribution in [-0.4, -0.2) is 25.4 Å². The van der Waals surface area contributed by atoms with Crippen molar-refractivity contribution >= 4 is 0 Å². The first kappa shape index (κ1) is 14.2. The normalized spacial score (nSPS) is 25.4. The van der Waals surface area contributed by atoms with Gasteiger partial charge in [0.05, 0.1) is 0 Å². The fourth-order valence-corrected chi connectivity index (χ4v) is 4.13. The van der Waals surface area contributed by atoms with Crippen molar-refractivity contribution in [3.63, 3.8) is 0 Å². The first-order valence-corrected chi connectivity index (χ1v) is 8.66. The Labute approximate surface area is 132 Å². The minimum absolute atomic E-state index is 0.0157. The third-order valence-electron chi connectivity index (χ3n) is 5.17. The SMILES string of the molecule is CCNC1CC2(CCCCC2)Oc2cc3c(cc21)OCCO3. The number of hydrogen-bond donors (Lipinski definition) is 1. The van der Waals surface area contributed by atoms with Crippen LogP contribution in [0, 0.1) is 0 Å². The Kier molecular flexibility index (Phi) is 3.65. The lowest BCUT2D eigenvalue weighted by Gasteiger charge is -2.45. The summed E-state index contributed by atoms with van der Waals surface area (Å²) >= 11 is 0. The molecule has 4 nitrogen and oxygen atoms in total. The van der Waals surface area contributed by atoms with Crippen LogP contribution in [0.2, 0.25) is 0 Å². The van der Waals surface area contributed by atoms with Crippen LogP contribution in [-0.2, 0) is 0 Å². The molecule has 0 amide bonds. The van der Waals surface area contributed by atoms with Crippen LogP contribution in [0.25, 0.3) is 0 Å². The molecular formula is C18H25NO3. The highest BCUT2D eigenvalue weighted by molar-refractivity contribution is 5.53. The summed E-state index contributed by atoms with van der Waals surface area (Å²) in [4.78, 5) is 0. The van der Waals surface area contributed by atoms with E-state index in [1.165, 1.54) is 37.7 Å². The van der Waals surface area contributed by atoms with E-state index in [2.05, 4.69) is 18.3 Å². The van der Waals surface area contributed by atoms with Crippen molar-refractivity contribution in [1.29, 1.82) is 0 Å². The molecule has 4 rings (SSSR count). The van der Waals surface area contributed by atoms with Crippen molar-refractivity contribution in [2.75, 3.05) is 19.8 Å². The zero-order valence-electron chi connectivity index (χ0n) is 13.3.